The van der Waals surface area contributed by atoms with E-state index in [9.17, 15) is 4.79 Å². The highest BCUT2D eigenvalue weighted by molar-refractivity contribution is 6.02. The number of methoxy groups -OCH3 is 1. The molecular weight excluding hydrogens is 240 g/mol. The zero-order chi connectivity index (χ0) is 13.2. The van der Waals surface area contributed by atoms with E-state index in [1.807, 2.05) is 42.5 Å². The average molecular weight is 254 g/mol. The highest BCUT2D eigenvalue weighted by atomic mass is 16.5. The molecule has 0 spiro atoms. The van der Waals surface area contributed by atoms with Crippen molar-refractivity contribution < 1.29 is 9.53 Å². The summed E-state index contributed by atoms with van der Waals surface area (Å²) in [5.74, 6) is 0.712. The van der Waals surface area contributed by atoms with Gasteiger partial charge in [0, 0.05) is 12.1 Å². The number of hydrogen-bond donors (Lipinski definition) is 2. The van der Waals surface area contributed by atoms with Crippen LogP contribution in [0.5, 0.6) is 5.75 Å². The summed E-state index contributed by atoms with van der Waals surface area (Å²) in [6.45, 7) is 0.532. The topological polar surface area (TPSA) is 50.4 Å². The van der Waals surface area contributed by atoms with Crippen molar-refractivity contribution in [2.75, 3.05) is 13.7 Å². The monoisotopic (exact) mass is 254 g/mol. The van der Waals surface area contributed by atoms with E-state index in [4.69, 9.17) is 4.74 Å². The van der Waals surface area contributed by atoms with E-state index < -0.39 is 0 Å². The van der Waals surface area contributed by atoms with E-state index in [1.54, 1.807) is 7.11 Å². The Bertz CT molecular complexity index is 677. The number of benzene rings is 2. The first-order valence-electron chi connectivity index (χ1n) is 6.08. The maximum absolute atomic E-state index is 11.6. The number of carbonyl (C=O) groups excluding carboxylic acids is 1. The second kappa shape index (κ2) is 4.74. The smallest absolute Gasteiger partial charge is 0.262 e. The number of rotatable bonds is 2. The predicted octanol–water partition coefficient (Wildman–Crippen LogP) is 1.87. The van der Waals surface area contributed by atoms with E-state index in [-0.39, 0.29) is 5.91 Å². The summed E-state index contributed by atoms with van der Waals surface area (Å²) < 4.78 is 5.31. The molecule has 2 aromatic rings. The molecular formula is C15H14N2O2. The van der Waals surface area contributed by atoms with Crippen LogP contribution in [0.3, 0.4) is 0 Å². The van der Waals surface area contributed by atoms with Gasteiger partial charge in [-0.1, -0.05) is 24.3 Å². The number of amides is 1. The second-order valence-corrected chi connectivity index (χ2v) is 4.42. The first-order chi connectivity index (χ1) is 9.28. The molecule has 0 radical (unpaired) electrons. The zero-order valence-electron chi connectivity index (χ0n) is 10.6. The molecule has 1 heterocycles. The number of hydrogen-bond acceptors (Lipinski definition) is 3. The molecule has 2 N–H and O–H groups in total. The molecule has 0 aliphatic carbocycles. The van der Waals surface area contributed by atoms with Gasteiger partial charge in [0.1, 0.15) is 5.75 Å². The summed E-state index contributed by atoms with van der Waals surface area (Å²) in [4.78, 5) is 11.6. The Morgan fingerprint density at radius 1 is 1.26 bits per heavy atom. The Balaban J connectivity index is 2.18. The van der Waals surface area contributed by atoms with Crippen molar-refractivity contribution in [3.05, 3.63) is 47.5 Å². The number of nitrogens with one attached hydrogen (secondary N) is 2. The lowest BCUT2D eigenvalue weighted by Crippen LogP contribution is -2.25. The molecule has 0 aromatic heterocycles. The van der Waals surface area contributed by atoms with Gasteiger partial charge in [-0.25, -0.2) is 5.43 Å². The van der Waals surface area contributed by atoms with Gasteiger partial charge in [-0.2, -0.15) is 0 Å². The molecule has 0 atom stereocenters. The van der Waals surface area contributed by atoms with Crippen LogP contribution >= 0.6 is 0 Å². The molecule has 1 saturated heterocycles. The number of fused-ring (bicyclic) bond motifs is 1. The molecule has 2 aromatic carbocycles. The van der Waals surface area contributed by atoms with E-state index in [0.29, 0.717) is 6.54 Å². The van der Waals surface area contributed by atoms with Crippen molar-refractivity contribution in [3.8, 4) is 5.75 Å². The Hall–Kier alpha value is -2.33. The molecule has 1 amide bonds. The molecule has 1 aliphatic heterocycles. The largest absolute Gasteiger partial charge is 0.497 e. The van der Waals surface area contributed by atoms with E-state index >= 15 is 0 Å². The summed E-state index contributed by atoms with van der Waals surface area (Å²) in [6, 6.07) is 12.0. The van der Waals surface area contributed by atoms with Crippen molar-refractivity contribution in [2.24, 2.45) is 0 Å². The Morgan fingerprint density at radius 2 is 2.11 bits per heavy atom. The van der Waals surface area contributed by atoms with Crippen LogP contribution in [-0.2, 0) is 4.79 Å². The van der Waals surface area contributed by atoms with E-state index in [1.165, 1.54) is 0 Å². The van der Waals surface area contributed by atoms with Gasteiger partial charge in [0.25, 0.3) is 5.91 Å². The van der Waals surface area contributed by atoms with Gasteiger partial charge in [-0.3, -0.25) is 10.2 Å². The highest BCUT2D eigenvalue weighted by Gasteiger charge is 2.16. The SMILES string of the molecule is COc1cc(/C=C2\CNNC2=O)c2ccccc2c1. The third-order valence-corrected chi connectivity index (χ3v) is 3.21. The predicted molar refractivity (Wildman–Crippen MR) is 74.6 cm³/mol. The van der Waals surface area contributed by atoms with Gasteiger partial charge in [-0.05, 0) is 34.5 Å². The minimum atomic E-state index is -0.0769. The Labute approximate surface area is 111 Å². The van der Waals surface area contributed by atoms with E-state index in [0.717, 1.165) is 27.7 Å². The first kappa shape index (κ1) is 11.7. The number of carbonyl (C=O) groups is 1. The van der Waals surface area contributed by atoms with Gasteiger partial charge in [-0.15, -0.1) is 0 Å². The molecule has 0 bridgehead atoms. The van der Waals surface area contributed by atoms with Crippen LogP contribution < -0.4 is 15.6 Å². The third kappa shape index (κ3) is 2.18. The van der Waals surface area contributed by atoms with Crippen LogP contribution in [0.2, 0.25) is 0 Å². The van der Waals surface area contributed by atoms with Crippen molar-refractivity contribution in [1.29, 1.82) is 0 Å². The molecule has 3 rings (SSSR count). The minimum absolute atomic E-state index is 0.0769. The van der Waals surface area contributed by atoms with Gasteiger partial charge in [0.05, 0.1) is 7.11 Å². The fourth-order valence-corrected chi connectivity index (χ4v) is 2.23. The molecule has 0 unspecified atom stereocenters. The average Bonchev–Trinajstić information content (AvgIpc) is 2.84. The summed E-state index contributed by atoms with van der Waals surface area (Å²) >= 11 is 0. The maximum atomic E-state index is 11.6. The summed E-state index contributed by atoms with van der Waals surface area (Å²) in [5, 5.41) is 2.20. The molecule has 4 heteroatoms. The fourth-order valence-electron chi connectivity index (χ4n) is 2.23. The molecule has 1 aliphatic rings. The van der Waals surface area contributed by atoms with Crippen molar-refractivity contribution in [3.63, 3.8) is 0 Å². The minimum Gasteiger partial charge on any atom is -0.497 e. The molecule has 96 valence electrons. The molecule has 19 heavy (non-hydrogen) atoms. The van der Waals surface area contributed by atoms with Crippen LogP contribution in [0, 0.1) is 0 Å². The quantitative estimate of drug-likeness (QED) is 0.804. The van der Waals surface area contributed by atoms with Gasteiger partial charge in [0.15, 0.2) is 0 Å². The summed E-state index contributed by atoms with van der Waals surface area (Å²) in [7, 11) is 1.64. The van der Waals surface area contributed by atoms with Crippen LogP contribution in [0.1, 0.15) is 5.56 Å². The van der Waals surface area contributed by atoms with Crippen LogP contribution in [0.4, 0.5) is 0 Å². The lowest BCUT2D eigenvalue weighted by atomic mass is 10.0. The maximum Gasteiger partial charge on any atom is 0.262 e. The number of hydrazine groups is 1. The van der Waals surface area contributed by atoms with Gasteiger partial charge in [0.2, 0.25) is 0 Å². The summed E-state index contributed by atoms with van der Waals surface area (Å²) in [5.41, 5.74) is 7.11. The lowest BCUT2D eigenvalue weighted by molar-refractivity contribution is -0.116. The lowest BCUT2D eigenvalue weighted by Gasteiger charge is -2.07. The third-order valence-electron chi connectivity index (χ3n) is 3.21. The Kier molecular flexibility index (Phi) is 2.93. The molecule has 0 saturated carbocycles. The fraction of sp³-hybridized carbons (Fsp3) is 0.133. The van der Waals surface area contributed by atoms with Crippen molar-refractivity contribution in [1.82, 2.24) is 10.9 Å². The highest BCUT2D eigenvalue weighted by Crippen LogP contribution is 2.27. The first-order valence-corrected chi connectivity index (χ1v) is 6.08. The standard InChI is InChI=1S/C15H14N2O2/c1-19-13-7-10-4-2-3-5-14(10)11(8-13)6-12-9-16-17-15(12)18/h2-8,16H,9H2,1H3,(H,17,18)/b12-6+. The zero-order valence-corrected chi connectivity index (χ0v) is 10.6. The van der Waals surface area contributed by atoms with Crippen LogP contribution in [0.15, 0.2) is 42.0 Å². The van der Waals surface area contributed by atoms with Crippen LogP contribution in [-0.4, -0.2) is 19.6 Å². The van der Waals surface area contributed by atoms with Crippen molar-refractivity contribution >= 4 is 22.8 Å². The van der Waals surface area contributed by atoms with Gasteiger partial charge >= 0.3 is 0 Å². The van der Waals surface area contributed by atoms with E-state index in [2.05, 4.69) is 10.9 Å². The van der Waals surface area contributed by atoms with Crippen LogP contribution in [0.25, 0.3) is 16.8 Å². The van der Waals surface area contributed by atoms with Gasteiger partial charge < -0.3 is 4.74 Å². The number of ether oxygens (including phenoxy) is 1. The normalized spacial score (nSPS) is 16.9. The molecule has 1 fully saturated rings. The second-order valence-electron chi connectivity index (χ2n) is 4.42. The van der Waals surface area contributed by atoms with Crippen molar-refractivity contribution in [2.45, 2.75) is 0 Å². The summed E-state index contributed by atoms with van der Waals surface area (Å²) in [6.07, 6.45) is 1.90. The Morgan fingerprint density at radius 3 is 2.84 bits per heavy atom. The molecule has 4 nitrogen and oxygen atoms in total.